The maximum absolute atomic E-state index is 13.3. The average molecular weight is 355 g/mol. The van der Waals surface area contributed by atoms with E-state index in [1.807, 2.05) is 12.1 Å². The second kappa shape index (κ2) is 7.77. The molecule has 0 unspecified atom stereocenters. The lowest BCUT2D eigenvalue weighted by Gasteiger charge is -2.05. The molecule has 0 radical (unpaired) electrons. The van der Waals surface area contributed by atoms with Gasteiger partial charge in [0.25, 0.3) is 0 Å². The van der Waals surface area contributed by atoms with Crippen molar-refractivity contribution in [3.8, 4) is 11.4 Å². The van der Waals surface area contributed by atoms with E-state index in [1.165, 1.54) is 12.1 Å². The fourth-order valence-electron chi connectivity index (χ4n) is 2.62. The summed E-state index contributed by atoms with van der Waals surface area (Å²) in [6.45, 7) is 0. The van der Waals surface area contributed by atoms with Crippen LogP contribution in [-0.2, 0) is 9.59 Å². The number of aromatic nitrogens is 2. The first kappa shape index (κ1) is 17.6. The lowest BCUT2D eigenvalue weighted by Crippen LogP contribution is -2.11. The first-order chi connectivity index (χ1) is 12.5. The Labute approximate surface area is 149 Å². The number of nitrogens with one attached hydrogen (secondary N) is 2. The number of nitrogens with zero attached hydrogens (tertiary/aromatic N) is 1. The number of H-pyrrole nitrogens is 1. The number of fused-ring (bicyclic) bond motifs is 1. The number of carboxylic acid groups (broad SMARTS) is 1. The van der Waals surface area contributed by atoms with Gasteiger partial charge in [0.2, 0.25) is 5.91 Å². The molecule has 0 fully saturated rings. The van der Waals surface area contributed by atoms with Gasteiger partial charge in [-0.1, -0.05) is 0 Å². The number of carbonyl (C=O) groups is 2. The molecule has 3 N–H and O–H groups in total. The van der Waals surface area contributed by atoms with Crippen LogP contribution >= 0.6 is 0 Å². The van der Waals surface area contributed by atoms with E-state index in [2.05, 4.69) is 15.3 Å². The molecule has 3 rings (SSSR count). The molecule has 0 saturated heterocycles. The number of amides is 1. The molecule has 0 spiro atoms. The lowest BCUT2D eigenvalue weighted by molar-refractivity contribution is -0.137. The van der Waals surface area contributed by atoms with Crippen molar-refractivity contribution in [2.24, 2.45) is 0 Å². The van der Waals surface area contributed by atoms with Crippen LogP contribution in [0.3, 0.4) is 0 Å². The van der Waals surface area contributed by atoms with Crippen molar-refractivity contribution in [3.63, 3.8) is 0 Å². The zero-order valence-electron chi connectivity index (χ0n) is 14.0. The van der Waals surface area contributed by atoms with Crippen LogP contribution in [0.25, 0.3) is 22.4 Å². The first-order valence-electron chi connectivity index (χ1n) is 8.28. The number of unbranched alkanes of at least 4 members (excludes halogenated alkanes) is 1. The smallest absolute Gasteiger partial charge is 0.303 e. The third-order valence-corrected chi connectivity index (χ3v) is 3.93. The molecule has 2 aromatic carbocycles. The van der Waals surface area contributed by atoms with Gasteiger partial charge in [0, 0.05) is 24.1 Å². The molecule has 0 aliphatic rings. The number of carboxylic acids is 1. The number of aliphatic carboxylic acids is 1. The molecular weight excluding hydrogens is 337 g/mol. The monoisotopic (exact) mass is 355 g/mol. The molecule has 7 heteroatoms. The van der Waals surface area contributed by atoms with Crippen molar-refractivity contribution in [2.75, 3.05) is 5.32 Å². The summed E-state index contributed by atoms with van der Waals surface area (Å²) in [4.78, 5) is 29.8. The zero-order chi connectivity index (χ0) is 18.5. The Kier molecular flexibility index (Phi) is 5.26. The highest BCUT2D eigenvalue weighted by Gasteiger charge is 2.07. The highest BCUT2D eigenvalue weighted by Crippen LogP contribution is 2.22. The third-order valence-electron chi connectivity index (χ3n) is 3.93. The van der Waals surface area contributed by atoms with Gasteiger partial charge in [-0.25, -0.2) is 9.37 Å². The highest BCUT2D eigenvalue weighted by molar-refractivity contribution is 5.91. The van der Waals surface area contributed by atoms with E-state index in [0.29, 0.717) is 35.4 Å². The number of hydrogen-bond donors (Lipinski definition) is 3. The minimum atomic E-state index is -0.852. The summed E-state index contributed by atoms with van der Waals surface area (Å²) in [5.74, 6) is -0.706. The Morgan fingerprint density at radius 2 is 1.81 bits per heavy atom. The van der Waals surface area contributed by atoms with Crippen molar-refractivity contribution in [1.29, 1.82) is 0 Å². The molecule has 1 heterocycles. The summed E-state index contributed by atoms with van der Waals surface area (Å²) < 4.78 is 13.3. The zero-order valence-corrected chi connectivity index (χ0v) is 14.0. The Morgan fingerprint density at radius 1 is 1.08 bits per heavy atom. The van der Waals surface area contributed by atoms with Crippen molar-refractivity contribution in [3.05, 3.63) is 48.3 Å². The van der Waals surface area contributed by atoms with Gasteiger partial charge in [-0.15, -0.1) is 0 Å². The number of anilines is 1. The molecule has 1 amide bonds. The molecule has 0 atom stereocenters. The van der Waals surface area contributed by atoms with Gasteiger partial charge in [0.05, 0.1) is 11.0 Å². The topological polar surface area (TPSA) is 95.1 Å². The van der Waals surface area contributed by atoms with Crippen LogP contribution in [0.2, 0.25) is 0 Å². The Morgan fingerprint density at radius 3 is 2.54 bits per heavy atom. The second-order valence-electron chi connectivity index (χ2n) is 5.97. The van der Waals surface area contributed by atoms with Gasteiger partial charge < -0.3 is 15.4 Å². The largest absolute Gasteiger partial charge is 0.481 e. The Balaban J connectivity index is 1.60. The minimum Gasteiger partial charge on any atom is -0.481 e. The normalized spacial score (nSPS) is 10.8. The predicted octanol–water partition coefficient (Wildman–Crippen LogP) is 3.95. The van der Waals surface area contributed by atoms with Crippen molar-refractivity contribution in [1.82, 2.24) is 9.97 Å². The molecule has 1 aromatic heterocycles. The summed E-state index contributed by atoms with van der Waals surface area (Å²) in [5.41, 5.74) is 2.78. The second-order valence-corrected chi connectivity index (χ2v) is 5.97. The van der Waals surface area contributed by atoms with Gasteiger partial charge in [-0.05, 0) is 55.3 Å². The summed E-state index contributed by atoms with van der Waals surface area (Å²) in [6, 6.07) is 11.5. The molecule has 6 nitrogen and oxygen atoms in total. The highest BCUT2D eigenvalue weighted by atomic mass is 19.1. The molecule has 0 saturated carbocycles. The number of rotatable bonds is 7. The minimum absolute atomic E-state index is 0.0728. The van der Waals surface area contributed by atoms with E-state index >= 15 is 0 Å². The fourth-order valence-corrected chi connectivity index (χ4v) is 2.62. The van der Waals surface area contributed by atoms with Crippen molar-refractivity contribution in [2.45, 2.75) is 25.7 Å². The van der Waals surface area contributed by atoms with E-state index in [4.69, 9.17) is 5.11 Å². The number of benzene rings is 2. The molecule has 26 heavy (non-hydrogen) atoms. The van der Waals surface area contributed by atoms with Crippen LogP contribution in [-0.4, -0.2) is 27.0 Å². The van der Waals surface area contributed by atoms with Gasteiger partial charge in [0.1, 0.15) is 11.6 Å². The predicted molar refractivity (Wildman–Crippen MR) is 96.2 cm³/mol. The molecule has 0 aliphatic heterocycles. The Bertz CT molecular complexity index is 935. The quantitative estimate of drug-likeness (QED) is 0.559. The molecular formula is C19H18FN3O3. The molecule has 0 aliphatic carbocycles. The molecule has 0 bridgehead atoms. The summed E-state index contributed by atoms with van der Waals surface area (Å²) in [5, 5.41) is 11.3. The fraction of sp³-hybridized carbons (Fsp3) is 0.211. The van der Waals surface area contributed by atoms with E-state index in [0.717, 1.165) is 5.56 Å². The number of hydrogen-bond acceptors (Lipinski definition) is 3. The van der Waals surface area contributed by atoms with Gasteiger partial charge in [0.15, 0.2) is 0 Å². The van der Waals surface area contributed by atoms with Crippen LogP contribution in [0.1, 0.15) is 25.7 Å². The molecule has 3 aromatic rings. The van der Waals surface area contributed by atoms with Gasteiger partial charge >= 0.3 is 5.97 Å². The third kappa shape index (κ3) is 4.44. The van der Waals surface area contributed by atoms with Gasteiger partial charge in [-0.2, -0.15) is 0 Å². The van der Waals surface area contributed by atoms with E-state index in [1.54, 1.807) is 18.2 Å². The lowest BCUT2D eigenvalue weighted by atomic mass is 10.1. The van der Waals surface area contributed by atoms with Crippen LogP contribution in [0.5, 0.6) is 0 Å². The van der Waals surface area contributed by atoms with Crippen LogP contribution in [0.15, 0.2) is 42.5 Å². The van der Waals surface area contributed by atoms with Crippen molar-refractivity contribution < 1.29 is 19.1 Å². The first-order valence-corrected chi connectivity index (χ1v) is 8.28. The maximum atomic E-state index is 13.3. The van der Waals surface area contributed by atoms with Crippen LogP contribution in [0.4, 0.5) is 10.1 Å². The maximum Gasteiger partial charge on any atom is 0.303 e. The van der Waals surface area contributed by atoms with E-state index in [-0.39, 0.29) is 24.6 Å². The van der Waals surface area contributed by atoms with Crippen LogP contribution in [0, 0.1) is 5.82 Å². The Hall–Kier alpha value is -3.22. The van der Waals surface area contributed by atoms with E-state index in [9.17, 15) is 14.0 Å². The number of carbonyl (C=O) groups excluding carboxylic acids is 1. The summed E-state index contributed by atoms with van der Waals surface area (Å²) in [7, 11) is 0. The van der Waals surface area contributed by atoms with Crippen molar-refractivity contribution >= 4 is 28.6 Å². The summed E-state index contributed by atoms with van der Waals surface area (Å²) >= 11 is 0. The number of halogens is 1. The van der Waals surface area contributed by atoms with Gasteiger partial charge in [-0.3, -0.25) is 9.59 Å². The number of imidazole rings is 1. The van der Waals surface area contributed by atoms with Crippen LogP contribution < -0.4 is 5.32 Å². The van der Waals surface area contributed by atoms with E-state index < -0.39 is 5.97 Å². The molecule has 134 valence electrons. The number of aromatic amines is 1. The average Bonchev–Trinajstić information content (AvgIpc) is 3.02. The SMILES string of the molecule is O=C(O)CCCCC(=O)Nc1ccc(-c2nc3ccc(F)cc3[nH]2)cc1. The summed E-state index contributed by atoms with van der Waals surface area (Å²) in [6.07, 6.45) is 1.37. The standard InChI is InChI=1S/C19H18FN3O3/c20-13-7-10-15-16(11-13)23-19(22-15)12-5-8-14(9-6-12)21-17(24)3-1-2-4-18(25)26/h5-11H,1-4H2,(H,21,24)(H,22,23)(H,25,26).